The van der Waals surface area contributed by atoms with Gasteiger partial charge in [0.2, 0.25) is 0 Å². The van der Waals surface area contributed by atoms with Gasteiger partial charge in [-0.25, -0.2) is 9.97 Å². The average Bonchev–Trinajstić information content (AvgIpc) is 3.44. The molecule has 0 radical (unpaired) electrons. The molecule has 0 bridgehead atoms. The summed E-state index contributed by atoms with van der Waals surface area (Å²) in [6, 6.07) is 22.9. The normalized spacial score (nSPS) is 12.0. The fourth-order valence-corrected chi connectivity index (χ4v) is 4.21. The quantitative estimate of drug-likeness (QED) is 0.410. The fraction of sp³-hybridized carbons (Fsp3) is 0.148. The molecule has 5 rings (SSSR count). The van der Waals surface area contributed by atoms with E-state index in [0.717, 1.165) is 39.7 Å². The summed E-state index contributed by atoms with van der Waals surface area (Å²) in [5, 5.41) is 3.15. The molecule has 7 nitrogen and oxygen atoms in total. The van der Waals surface area contributed by atoms with Gasteiger partial charge in [-0.3, -0.25) is 9.36 Å². The molecule has 34 heavy (non-hydrogen) atoms. The van der Waals surface area contributed by atoms with E-state index >= 15 is 0 Å². The number of fused-ring (bicyclic) bond motifs is 1. The third kappa shape index (κ3) is 3.92. The van der Waals surface area contributed by atoms with Gasteiger partial charge in [-0.1, -0.05) is 30.3 Å². The van der Waals surface area contributed by atoms with Crippen LogP contribution in [0.3, 0.4) is 0 Å². The van der Waals surface area contributed by atoms with Gasteiger partial charge in [-0.15, -0.1) is 0 Å². The number of methoxy groups -OCH3 is 1. The average molecular weight is 452 g/mol. The largest absolute Gasteiger partial charge is 0.497 e. The first-order chi connectivity index (χ1) is 16.5. The highest BCUT2D eigenvalue weighted by atomic mass is 16.5. The van der Waals surface area contributed by atoms with Gasteiger partial charge < -0.3 is 14.6 Å². The second kappa shape index (κ2) is 8.86. The molecular formula is C27H25N5O2. The standard InChI is InChI=1S/C27H25N5O2/c1-18-29-23-17-20(11-14-24(23)32(18)21-7-5-4-6-8-21)27(33)30-25(26-28-15-16-31(26)2)19-9-12-22(34-3)13-10-19/h4-17,25H,1-3H3,(H,30,33). The molecule has 1 atom stereocenters. The molecule has 2 heterocycles. The van der Waals surface area contributed by atoms with Gasteiger partial charge in [0, 0.05) is 30.7 Å². The van der Waals surface area contributed by atoms with Crippen LogP contribution in [0.4, 0.5) is 0 Å². The lowest BCUT2D eigenvalue weighted by molar-refractivity contribution is 0.0941. The van der Waals surface area contributed by atoms with Crippen molar-refractivity contribution < 1.29 is 9.53 Å². The van der Waals surface area contributed by atoms with E-state index in [-0.39, 0.29) is 5.91 Å². The summed E-state index contributed by atoms with van der Waals surface area (Å²) < 4.78 is 9.28. The zero-order chi connectivity index (χ0) is 23.7. The fourth-order valence-electron chi connectivity index (χ4n) is 4.21. The van der Waals surface area contributed by atoms with Gasteiger partial charge in [0.25, 0.3) is 5.91 Å². The number of benzene rings is 3. The van der Waals surface area contributed by atoms with E-state index < -0.39 is 6.04 Å². The summed E-state index contributed by atoms with van der Waals surface area (Å²) in [5.41, 5.74) is 4.21. The molecule has 5 aromatic rings. The number of para-hydroxylation sites is 1. The number of aromatic nitrogens is 4. The number of nitrogens with zero attached hydrogens (tertiary/aromatic N) is 4. The van der Waals surface area contributed by atoms with Crippen LogP contribution in [0.25, 0.3) is 16.7 Å². The van der Waals surface area contributed by atoms with Gasteiger partial charge in [0.05, 0.1) is 18.1 Å². The molecule has 0 aliphatic rings. The Kier molecular flexibility index (Phi) is 5.59. The lowest BCUT2D eigenvalue weighted by Crippen LogP contribution is -2.31. The minimum atomic E-state index is -0.419. The van der Waals surface area contributed by atoms with E-state index in [4.69, 9.17) is 9.72 Å². The molecule has 0 saturated carbocycles. The number of carbonyl (C=O) groups is 1. The number of imidazole rings is 2. The third-order valence-corrected chi connectivity index (χ3v) is 5.94. The van der Waals surface area contributed by atoms with Gasteiger partial charge in [-0.2, -0.15) is 0 Å². The Hall–Kier alpha value is -4.39. The van der Waals surface area contributed by atoms with E-state index in [1.807, 2.05) is 97.5 Å². The van der Waals surface area contributed by atoms with Crippen LogP contribution in [0.5, 0.6) is 5.75 Å². The first-order valence-electron chi connectivity index (χ1n) is 11.0. The molecule has 0 fully saturated rings. The summed E-state index contributed by atoms with van der Waals surface area (Å²) in [6.07, 6.45) is 3.59. The molecule has 1 amide bonds. The maximum atomic E-state index is 13.4. The number of aryl methyl sites for hydroxylation is 2. The molecule has 0 aliphatic carbocycles. The summed E-state index contributed by atoms with van der Waals surface area (Å²) in [6.45, 7) is 1.97. The van der Waals surface area contributed by atoms with Crippen LogP contribution < -0.4 is 10.1 Å². The summed E-state index contributed by atoms with van der Waals surface area (Å²) in [7, 11) is 3.54. The lowest BCUT2D eigenvalue weighted by atomic mass is 10.0. The van der Waals surface area contributed by atoms with Gasteiger partial charge in [-0.05, 0) is 55.0 Å². The van der Waals surface area contributed by atoms with Crippen LogP contribution in [-0.4, -0.2) is 32.1 Å². The Morgan fingerprint density at radius 1 is 1.03 bits per heavy atom. The minimum Gasteiger partial charge on any atom is -0.497 e. The number of carbonyl (C=O) groups excluding carboxylic acids is 1. The molecule has 2 aromatic heterocycles. The van der Waals surface area contributed by atoms with Gasteiger partial charge in [0.1, 0.15) is 23.4 Å². The van der Waals surface area contributed by atoms with Gasteiger partial charge in [0.15, 0.2) is 0 Å². The smallest absolute Gasteiger partial charge is 0.252 e. The van der Waals surface area contributed by atoms with E-state index in [9.17, 15) is 4.79 Å². The zero-order valence-electron chi connectivity index (χ0n) is 19.3. The van der Waals surface area contributed by atoms with Crippen LogP contribution in [0, 0.1) is 6.92 Å². The van der Waals surface area contributed by atoms with E-state index in [2.05, 4.69) is 14.9 Å². The van der Waals surface area contributed by atoms with E-state index in [0.29, 0.717) is 5.56 Å². The minimum absolute atomic E-state index is 0.197. The maximum absolute atomic E-state index is 13.4. The summed E-state index contributed by atoms with van der Waals surface area (Å²) >= 11 is 0. The highest BCUT2D eigenvalue weighted by Gasteiger charge is 2.22. The molecular weight excluding hydrogens is 426 g/mol. The van der Waals surface area contributed by atoms with Crippen molar-refractivity contribution in [2.45, 2.75) is 13.0 Å². The van der Waals surface area contributed by atoms with Crippen molar-refractivity contribution >= 4 is 16.9 Å². The number of hydrogen-bond acceptors (Lipinski definition) is 4. The Balaban J connectivity index is 1.48. The highest BCUT2D eigenvalue weighted by molar-refractivity contribution is 5.98. The molecule has 0 spiro atoms. The molecule has 1 N–H and O–H groups in total. The highest BCUT2D eigenvalue weighted by Crippen LogP contribution is 2.25. The van der Waals surface area contributed by atoms with Crippen molar-refractivity contribution in [1.29, 1.82) is 0 Å². The molecule has 170 valence electrons. The predicted octanol–water partition coefficient (Wildman–Crippen LogP) is 4.60. The molecule has 0 aliphatic heterocycles. The van der Waals surface area contributed by atoms with Crippen molar-refractivity contribution in [3.05, 3.63) is 108 Å². The Morgan fingerprint density at radius 2 is 1.79 bits per heavy atom. The van der Waals surface area contributed by atoms with Crippen LogP contribution >= 0.6 is 0 Å². The predicted molar refractivity (Wildman–Crippen MR) is 131 cm³/mol. The monoisotopic (exact) mass is 451 g/mol. The van der Waals surface area contributed by atoms with Crippen molar-refractivity contribution in [2.75, 3.05) is 7.11 Å². The van der Waals surface area contributed by atoms with Crippen molar-refractivity contribution in [2.24, 2.45) is 7.05 Å². The van der Waals surface area contributed by atoms with Crippen LogP contribution in [0.1, 0.15) is 33.6 Å². The number of hydrogen-bond donors (Lipinski definition) is 1. The second-order valence-corrected chi connectivity index (χ2v) is 8.11. The Bertz CT molecular complexity index is 1450. The van der Waals surface area contributed by atoms with Crippen LogP contribution in [0.2, 0.25) is 0 Å². The molecule has 3 aromatic carbocycles. The third-order valence-electron chi connectivity index (χ3n) is 5.94. The number of ether oxygens (including phenoxy) is 1. The van der Waals surface area contributed by atoms with Crippen LogP contribution in [0.15, 0.2) is 85.2 Å². The summed E-state index contributed by atoms with van der Waals surface area (Å²) in [4.78, 5) is 22.5. The lowest BCUT2D eigenvalue weighted by Gasteiger charge is -2.19. The van der Waals surface area contributed by atoms with Gasteiger partial charge >= 0.3 is 0 Å². The number of amides is 1. The topological polar surface area (TPSA) is 74.0 Å². The zero-order valence-corrected chi connectivity index (χ0v) is 19.3. The van der Waals surface area contributed by atoms with Crippen molar-refractivity contribution in [1.82, 2.24) is 24.4 Å². The van der Waals surface area contributed by atoms with E-state index in [1.165, 1.54) is 0 Å². The molecule has 0 saturated heterocycles. The van der Waals surface area contributed by atoms with Crippen molar-refractivity contribution in [3.63, 3.8) is 0 Å². The second-order valence-electron chi connectivity index (χ2n) is 8.11. The SMILES string of the molecule is COc1ccc(C(NC(=O)c2ccc3c(c2)nc(C)n3-c2ccccc2)c2nccn2C)cc1. The maximum Gasteiger partial charge on any atom is 0.252 e. The Labute approximate surface area is 197 Å². The summed E-state index contributed by atoms with van der Waals surface area (Å²) in [5.74, 6) is 2.16. The first-order valence-corrected chi connectivity index (χ1v) is 11.0. The van der Waals surface area contributed by atoms with Crippen LogP contribution in [-0.2, 0) is 7.05 Å². The van der Waals surface area contributed by atoms with E-state index in [1.54, 1.807) is 13.3 Å². The molecule has 7 heteroatoms. The first kappa shape index (κ1) is 21.5. The molecule has 1 unspecified atom stereocenters. The number of rotatable bonds is 6. The Morgan fingerprint density at radius 3 is 2.47 bits per heavy atom. The number of nitrogens with one attached hydrogen (secondary N) is 1. The van der Waals surface area contributed by atoms with Crippen molar-refractivity contribution in [3.8, 4) is 11.4 Å².